The normalized spacial score (nSPS) is 20.0. The summed E-state index contributed by atoms with van der Waals surface area (Å²) >= 11 is 0. The molecule has 74 valence electrons. The highest BCUT2D eigenvalue weighted by Gasteiger charge is 2.34. The number of carbonyl (C=O) groups is 1. The Kier molecular flexibility index (Phi) is 2.64. The lowest BCUT2D eigenvalue weighted by Gasteiger charge is -2.18. The van der Waals surface area contributed by atoms with Crippen LogP contribution >= 0.6 is 0 Å². The molecule has 3 heteroatoms. The fourth-order valence-electron chi connectivity index (χ4n) is 1.50. The van der Waals surface area contributed by atoms with Crippen molar-refractivity contribution in [2.24, 2.45) is 0 Å². The fraction of sp³-hybridized carbons (Fsp3) is 0.700. The summed E-state index contributed by atoms with van der Waals surface area (Å²) in [5.41, 5.74) is 0.415. The Bertz CT molecular complexity index is 251. The van der Waals surface area contributed by atoms with Crippen LogP contribution in [0.25, 0.3) is 0 Å². The van der Waals surface area contributed by atoms with Crippen molar-refractivity contribution in [2.45, 2.75) is 39.7 Å². The van der Waals surface area contributed by atoms with Crippen LogP contribution < -0.4 is 0 Å². The lowest BCUT2D eigenvalue weighted by molar-refractivity contribution is -0.138. The number of esters is 1. The molecule has 1 rings (SSSR count). The number of rotatable bonds is 2. The van der Waals surface area contributed by atoms with E-state index in [1.54, 1.807) is 13.8 Å². The molecular formula is C10H16O3. The maximum atomic E-state index is 11.4. The van der Waals surface area contributed by atoms with Crippen LogP contribution in [0.15, 0.2) is 11.3 Å². The van der Waals surface area contributed by atoms with Gasteiger partial charge in [-0.1, -0.05) is 0 Å². The average molecular weight is 184 g/mol. The third kappa shape index (κ3) is 2.23. The van der Waals surface area contributed by atoms with Gasteiger partial charge >= 0.3 is 5.97 Å². The SMILES string of the molecule is CCOC(=O)C1=C(C)OC(C)(C)C1. The summed E-state index contributed by atoms with van der Waals surface area (Å²) in [7, 11) is 0. The summed E-state index contributed by atoms with van der Waals surface area (Å²) in [6, 6.07) is 0. The Morgan fingerprint density at radius 3 is 2.62 bits per heavy atom. The molecule has 0 amide bonds. The van der Waals surface area contributed by atoms with E-state index in [1.807, 2.05) is 13.8 Å². The molecule has 0 saturated heterocycles. The average Bonchev–Trinajstić information content (AvgIpc) is 2.25. The molecule has 0 spiro atoms. The molecule has 3 nitrogen and oxygen atoms in total. The van der Waals surface area contributed by atoms with E-state index < -0.39 is 0 Å². The molecule has 0 atom stereocenters. The minimum Gasteiger partial charge on any atom is -0.492 e. The third-order valence-corrected chi connectivity index (χ3v) is 1.98. The van der Waals surface area contributed by atoms with Crippen LogP contribution in [0.3, 0.4) is 0 Å². The molecule has 0 aromatic rings. The predicted molar refractivity (Wildman–Crippen MR) is 49.1 cm³/mol. The molecule has 1 heterocycles. The number of hydrogen-bond donors (Lipinski definition) is 0. The summed E-state index contributed by atoms with van der Waals surface area (Å²) in [5, 5.41) is 0. The molecular weight excluding hydrogens is 168 g/mol. The maximum Gasteiger partial charge on any atom is 0.337 e. The van der Waals surface area contributed by atoms with Gasteiger partial charge in [0.15, 0.2) is 0 Å². The molecule has 0 aromatic carbocycles. The summed E-state index contributed by atoms with van der Waals surface area (Å²) in [6.07, 6.45) is 0.637. The third-order valence-electron chi connectivity index (χ3n) is 1.98. The molecule has 0 saturated carbocycles. The summed E-state index contributed by atoms with van der Waals surface area (Å²) < 4.78 is 10.4. The highest BCUT2D eigenvalue weighted by Crippen LogP contribution is 2.33. The number of ether oxygens (including phenoxy) is 2. The van der Waals surface area contributed by atoms with E-state index in [4.69, 9.17) is 9.47 Å². The van der Waals surface area contributed by atoms with Gasteiger partial charge in [0.25, 0.3) is 0 Å². The standard InChI is InChI=1S/C10H16O3/c1-5-12-9(11)8-6-10(3,4)13-7(8)2/h5-6H2,1-4H3. The molecule has 0 aliphatic carbocycles. The maximum absolute atomic E-state index is 11.4. The Morgan fingerprint density at radius 1 is 1.62 bits per heavy atom. The van der Waals surface area contributed by atoms with Gasteiger partial charge in [-0.05, 0) is 27.7 Å². The van der Waals surface area contributed by atoms with Crippen molar-refractivity contribution in [1.82, 2.24) is 0 Å². The molecule has 0 radical (unpaired) electrons. The van der Waals surface area contributed by atoms with Crippen LogP contribution in [0.4, 0.5) is 0 Å². The van der Waals surface area contributed by atoms with Crippen molar-refractivity contribution in [2.75, 3.05) is 6.61 Å². The van der Waals surface area contributed by atoms with E-state index in [9.17, 15) is 4.79 Å². The number of carbonyl (C=O) groups excluding carboxylic acids is 1. The first-order valence-corrected chi connectivity index (χ1v) is 4.52. The molecule has 0 fully saturated rings. The summed E-state index contributed by atoms with van der Waals surface area (Å²) in [5.74, 6) is 0.453. The van der Waals surface area contributed by atoms with E-state index in [0.29, 0.717) is 24.4 Å². The van der Waals surface area contributed by atoms with Gasteiger partial charge in [-0.15, -0.1) is 0 Å². The van der Waals surface area contributed by atoms with E-state index in [0.717, 1.165) is 0 Å². The molecule has 0 bridgehead atoms. The quantitative estimate of drug-likeness (QED) is 0.616. The van der Waals surface area contributed by atoms with Crippen molar-refractivity contribution >= 4 is 5.97 Å². The fourth-order valence-corrected chi connectivity index (χ4v) is 1.50. The monoisotopic (exact) mass is 184 g/mol. The second-order valence-corrected chi connectivity index (χ2v) is 3.79. The van der Waals surface area contributed by atoms with Crippen LogP contribution in [-0.2, 0) is 14.3 Å². The van der Waals surface area contributed by atoms with Gasteiger partial charge in [-0.25, -0.2) is 4.79 Å². The van der Waals surface area contributed by atoms with Gasteiger partial charge in [0.05, 0.1) is 12.2 Å². The minimum atomic E-state index is -0.258. The topological polar surface area (TPSA) is 35.5 Å². The second kappa shape index (κ2) is 3.40. The Morgan fingerprint density at radius 2 is 2.23 bits per heavy atom. The van der Waals surface area contributed by atoms with Gasteiger partial charge in [-0.3, -0.25) is 0 Å². The number of hydrogen-bond acceptors (Lipinski definition) is 3. The molecule has 0 N–H and O–H groups in total. The van der Waals surface area contributed by atoms with E-state index in [1.165, 1.54) is 0 Å². The first-order valence-electron chi connectivity index (χ1n) is 4.52. The van der Waals surface area contributed by atoms with Gasteiger partial charge in [-0.2, -0.15) is 0 Å². The van der Waals surface area contributed by atoms with Crippen LogP contribution in [0, 0.1) is 0 Å². The van der Waals surface area contributed by atoms with Gasteiger partial charge in [0.1, 0.15) is 11.4 Å². The molecule has 0 unspecified atom stereocenters. The largest absolute Gasteiger partial charge is 0.492 e. The Hall–Kier alpha value is -0.990. The van der Waals surface area contributed by atoms with Crippen LogP contribution in [0.1, 0.15) is 34.1 Å². The van der Waals surface area contributed by atoms with E-state index >= 15 is 0 Å². The van der Waals surface area contributed by atoms with Crippen LogP contribution in [0.5, 0.6) is 0 Å². The zero-order valence-electron chi connectivity index (χ0n) is 8.64. The highest BCUT2D eigenvalue weighted by atomic mass is 16.5. The van der Waals surface area contributed by atoms with Crippen molar-refractivity contribution in [3.8, 4) is 0 Å². The van der Waals surface area contributed by atoms with Gasteiger partial charge < -0.3 is 9.47 Å². The van der Waals surface area contributed by atoms with Crippen LogP contribution in [0.2, 0.25) is 0 Å². The molecule has 1 aliphatic rings. The second-order valence-electron chi connectivity index (χ2n) is 3.79. The van der Waals surface area contributed by atoms with Crippen molar-refractivity contribution in [1.29, 1.82) is 0 Å². The van der Waals surface area contributed by atoms with Gasteiger partial charge in [0.2, 0.25) is 0 Å². The predicted octanol–water partition coefficient (Wildman–Crippen LogP) is 2.02. The number of allylic oxidation sites excluding steroid dienone is 1. The molecule has 0 aromatic heterocycles. The Labute approximate surface area is 78.7 Å². The molecule has 13 heavy (non-hydrogen) atoms. The zero-order chi connectivity index (χ0) is 10.1. The highest BCUT2D eigenvalue weighted by molar-refractivity contribution is 5.89. The first kappa shape index (κ1) is 10.1. The summed E-state index contributed by atoms with van der Waals surface area (Å²) in [6.45, 7) is 7.94. The van der Waals surface area contributed by atoms with E-state index in [2.05, 4.69) is 0 Å². The summed E-state index contributed by atoms with van der Waals surface area (Å²) in [4.78, 5) is 11.4. The minimum absolute atomic E-state index is 0.245. The van der Waals surface area contributed by atoms with Gasteiger partial charge in [0, 0.05) is 6.42 Å². The smallest absolute Gasteiger partial charge is 0.337 e. The van der Waals surface area contributed by atoms with Crippen molar-refractivity contribution in [3.63, 3.8) is 0 Å². The molecule has 1 aliphatic heterocycles. The van der Waals surface area contributed by atoms with Crippen LogP contribution in [-0.4, -0.2) is 18.2 Å². The lowest BCUT2D eigenvalue weighted by Crippen LogP contribution is -2.19. The first-order chi connectivity index (χ1) is 5.96. The van der Waals surface area contributed by atoms with Crippen molar-refractivity contribution < 1.29 is 14.3 Å². The van der Waals surface area contributed by atoms with E-state index in [-0.39, 0.29) is 11.6 Å². The zero-order valence-corrected chi connectivity index (χ0v) is 8.64. The Balaban J connectivity index is 2.71. The van der Waals surface area contributed by atoms with Crippen molar-refractivity contribution in [3.05, 3.63) is 11.3 Å². The lowest BCUT2D eigenvalue weighted by atomic mass is 10.0.